The lowest BCUT2D eigenvalue weighted by molar-refractivity contribution is 0.0547. The number of ether oxygens (including phenoxy) is 5. The quantitative estimate of drug-likeness (QED) is 0.808. The van der Waals surface area contributed by atoms with Gasteiger partial charge in [0.05, 0.1) is 25.7 Å². The van der Waals surface area contributed by atoms with Crippen molar-refractivity contribution in [2.75, 3.05) is 20.8 Å². The summed E-state index contributed by atoms with van der Waals surface area (Å²) in [7, 11) is 3.07. The topological polar surface area (TPSA) is 83.5 Å². The maximum absolute atomic E-state index is 13.6. The molecule has 2 aromatic rings. The van der Waals surface area contributed by atoms with E-state index >= 15 is 0 Å². The van der Waals surface area contributed by atoms with Crippen LogP contribution in [0.2, 0.25) is 0 Å². The van der Waals surface area contributed by atoms with Crippen LogP contribution in [0.1, 0.15) is 41.3 Å². The Morgan fingerprint density at radius 2 is 1.83 bits per heavy atom. The Balaban J connectivity index is 1.65. The lowest BCUT2D eigenvalue weighted by Crippen LogP contribution is -2.43. The van der Waals surface area contributed by atoms with E-state index in [1.165, 1.54) is 13.2 Å². The fourth-order valence-electron chi connectivity index (χ4n) is 4.27. The van der Waals surface area contributed by atoms with Gasteiger partial charge in [0.2, 0.25) is 0 Å². The minimum absolute atomic E-state index is 0.158. The van der Waals surface area contributed by atoms with Crippen LogP contribution < -0.4 is 23.7 Å². The molecule has 3 heterocycles. The molecule has 1 N–H and O–H groups in total. The van der Waals surface area contributed by atoms with Gasteiger partial charge in [-0.3, -0.25) is 4.79 Å². The highest BCUT2D eigenvalue weighted by molar-refractivity contribution is 6.08. The van der Waals surface area contributed by atoms with Crippen LogP contribution in [0.4, 0.5) is 0 Å². The predicted octanol–water partition coefficient (Wildman–Crippen LogP) is 3.71. The molecule has 3 aliphatic rings. The minimum Gasteiger partial charge on any atom is -0.507 e. The number of methoxy groups -OCH3 is 2. The average molecular weight is 410 g/mol. The van der Waals surface area contributed by atoms with Gasteiger partial charge in [-0.05, 0) is 32.1 Å². The van der Waals surface area contributed by atoms with E-state index in [4.69, 9.17) is 23.7 Å². The smallest absolute Gasteiger partial charge is 0.181 e. The first-order valence-corrected chi connectivity index (χ1v) is 9.71. The molecule has 0 aromatic heterocycles. The molecule has 0 bridgehead atoms. The van der Waals surface area contributed by atoms with Crippen molar-refractivity contribution in [3.63, 3.8) is 0 Å². The number of hydrogen-bond donors (Lipinski definition) is 1. The molecule has 0 aliphatic carbocycles. The van der Waals surface area contributed by atoms with Gasteiger partial charge in [0.1, 0.15) is 46.9 Å². The fourth-order valence-corrected chi connectivity index (χ4v) is 4.27. The summed E-state index contributed by atoms with van der Waals surface area (Å²) >= 11 is 0. The second-order valence-corrected chi connectivity index (χ2v) is 8.10. The summed E-state index contributed by atoms with van der Waals surface area (Å²) in [5.41, 5.74) is 0.930. The number of rotatable bonds is 2. The van der Waals surface area contributed by atoms with Gasteiger partial charge in [-0.2, -0.15) is 0 Å². The van der Waals surface area contributed by atoms with Crippen molar-refractivity contribution in [2.45, 2.75) is 31.5 Å². The zero-order chi connectivity index (χ0) is 21.2. The van der Waals surface area contributed by atoms with E-state index in [-0.39, 0.29) is 23.7 Å². The number of carbonyl (C=O) groups excluding carboxylic acids is 1. The van der Waals surface area contributed by atoms with E-state index in [1.54, 1.807) is 19.2 Å². The normalized spacial score (nSPS) is 22.3. The number of ketones is 1. The highest BCUT2D eigenvalue weighted by Crippen LogP contribution is 2.52. The van der Waals surface area contributed by atoms with Gasteiger partial charge in [-0.15, -0.1) is 0 Å². The Morgan fingerprint density at radius 1 is 1.10 bits per heavy atom. The molecule has 156 valence electrons. The molecule has 7 nitrogen and oxygen atoms in total. The molecule has 0 amide bonds. The van der Waals surface area contributed by atoms with Crippen LogP contribution in [-0.2, 0) is 0 Å². The summed E-state index contributed by atoms with van der Waals surface area (Å²) in [6, 6.07) is 4.92. The van der Waals surface area contributed by atoms with E-state index in [2.05, 4.69) is 0 Å². The van der Waals surface area contributed by atoms with E-state index < -0.39 is 17.6 Å². The van der Waals surface area contributed by atoms with Gasteiger partial charge in [0.25, 0.3) is 0 Å². The Bertz CT molecular complexity index is 1100. The number of Topliss-reactive ketones (excluding diaryl/α,β-unsaturated/α-hetero) is 1. The summed E-state index contributed by atoms with van der Waals surface area (Å²) in [5.74, 6) is 1.34. The Labute approximate surface area is 173 Å². The predicted molar refractivity (Wildman–Crippen MR) is 108 cm³/mol. The van der Waals surface area contributed by atoms with Crippen LogP contribution in [0.25, 0.3) is 6.08 Å². The number of hydrogen-bond acceptors (Lipinski definition) is 7. The number of fused-ring (bicyclic) bond motifs is 6. The first-order valence-electron chi connectivity index (χ1n) is 9.71. The molecular weight excluding hydrogens is 388 g/mol. The van der Waals surface area contributed by atoms with Crippen molar-refractivity contribution in [2.24, 2.45) is 0 Å². The number of benzene rings is 2. The lowest BCUT2D eigenvalue weighted by atomic mass is 9.80. The van der Waals surface area contributed by atoms with Gasteiger partial charge < -0.3 is 28.8 Å². The van der Waals surface area contributed by atoms with Crippen LogP contribution >= 0.6 is 0 Å². The van der Waals surface area contributed by atoms with Crippen LogP contribution in [0, 0.1) is 0 Å². The van der Waals surface area contributed by atoms with Gasteiger partial charge in [0, 0.05) is 17.7 Å². The van der Waals surface area contributed by atoms with Crippen LogP contribution in [-0.4, -0.2) is 43.4 Å². The SMILES string of the molecule is COc1cc2c(cc1OC)C1C(=O)c3c(O)cc4c(c3O[C@@H]1CO2)C=CC(C)(C)O4. The molecule has 0 saturated heterocycles. The third kappa shape index (κ3) is 2.61. The molecule has 0 spiro atoms. The third-order valence-corrected chi connectivity index (χ3v) is 5.71. The molecule has 1 unspecified atom stereocenters. The second kappa shape index (κ2) is 6.32. The number of aromatic hydroxyl groups is 1. The van der Waals surface area contributed by atoms with Crippen molar-refractivity contribution in [1.29, 1.82) is 0 Å². The molecule has 0 saturated carbocycles. The monoisotopic (exact) mass is 410 g/mol. The van der Waals surface area contributed by atoms with Crippen molar-refractivity contribution in [3.05, 3.63) is 41.0 Å². The van der Waals surface area contributed by atoms with Crippen molar-refractivity contribution >= 4 is 11.9 Å². The molecule has 3 aliphatic heterocycles. The fraction of sp³-hybridized carbons (Fsp3) is 0.348. The van der Waals surface area contributed by atoms with Crippen molar-refractivity contribution in [3.8, 4) is 34.5 Å². The molecule has 0 radical (unpaired) electrons. The minimum atomic E-state index is -0.630. The summed E-state index contributed by atoms with van der Waals surface area (Å²) in [6.45, 7) is 4.02. The van der Waals surface area contributed by atoms with Crippen molar-refractivity contribution < 1.29 is 33.6 Å². The summed E-state index contributed by atoms with van der Waals surface area (Å²) < 4.78 is 28.8. The van der Waals surface area contributed by atoms with E-state index in [9.17, 15) is 9.90 Å². The van der Waals surface area contributed by atoms with E-state index in [0.717, 1.165) is 0 Å². The van der Waals surface area contributed by atoms with Crippen LogP contribution in [0.3, 0.4) is 0 Å². The van der Waals surface area contributed by atoms with E-state index in [0.29, 0.717) is 39.9 Å². The second-order valence-electron chi connectivity index (χ2n) is 8.10. The molecule has 5 rings (SSSR count). The summed E-state index contributed by atoms with van der Waals surface area (Å²) in [6.07, 6.45) is 3.23. The Kier molecular flexibility index (Phi) is 3.93. The number of phenolic OH excluding ortho intramolecular Hbond substituents is 1. The maximum Gasteiger partial charge on any atom is 0.181 e. The molecule has 2 atom stereocenters. The van der Waals surface area contributed by atoms with Gasteiger partial charge >= 0.3 is 0 Å². The number of phenols is 1. The zero-order valence-electron chi connectivity index (χ0n) is 17.1. The van der Waals surface area contributed by atoms with Gasteiger partial charge in [-0.1, -0.05) is 0 Å². The molecular formula is C23H22O7. The van der Waals surface area contributed by atoms with Gasteiger partial charge in [-0.25, -0.2) is 0 Å². The largest absolute Gasteiger partial charge is 0.507 e. The summed E-state index contributed by atoms with van der Waals surface area (Å²) in [5, 5.41) is 10.7. The number of carbonyl (C=O) groups is 1. The highest BCUT2D eigenvalue weighted by atomic mass is 16.5. The molecule has 0 fully saturated rings. The first kappa shape index (κ1) is 18.7. The first-order chi connectivity index (χ1) is 14.3. The lowest BCUT2D eigenvalue weighted by Gasteiger charge is -2.39. The van der Waals surface area contributed by atoms with Gasteiger partial charge in [0.15, 0.2) is 17.3 Å². The molecule has 7 heteroatoms. The summed E-state index contributed by atoms with van der Waals surface area (Å²) in [4.78, 5) is 13.6. The van der Waals surface area contributed by atoms with Crippen LogP contribution in [0.5, 0.6) is 34.5 Å². The Morgan fingerprint density at radius 3 is 2.57 bits per heavy atom. The van der Waals surface area contributed by atoms with Crippen LogP contribution in [0.15, 0.2) is 24.3 Å². The average Bonchev–Trinajstić information content (AvgIpc) is 2.71. The highest BCUT2D eigenvalue weighted by Gasteiger charge is 2.46. The standard InChI is InChI=1S/C23H22O7/c1-23(2)6-5-11-15(30-23)8-13(24)20-21(25)19-12-7-16(26-3)17(27-4)9-14(12)28-10-18(19)29-22(11)20/h5-9,18-19,24H,10H2,1-4H3/t18-,19?/m1/s1. The molecule has 2 aromatic carbocycles. The maximum atomic E-state index is 13.6. The molecule has 30 heavy (non-hydrogen) atoms. The third-order valence-electron chi connectivity index (χ3n) is 5.71. The van der Waals surface area contributed by atoms with E-state index in [1.807, 2.05) is 26.0 Å². The van der Waals surface area contributed by atoms with Crippen molar-refractivity contribution in [1.82, 2.24) is 0 Å². The zero-order valence-corrected chi connectivity index (χ0v) is 17.1. The Hall–Kier alpha value is -3.35.